The zero-order chi connectivity index (χ0) is 27.5. The highest BCUT2D eigenvalue weighted by molar-refractivity contribution is 5.89. The second-order valence-corrected chi connectivity index (χ2v) is 10.4. The minimum atomic E-state index is -0.400. The maximum absolute atomic E-state index is 3.95. The standard InChI is InChI=1S/C40H34/c1-4-7-16-34(6-3)40(35-17-9-8-10-18-35)38-20-12-11-19-36(38)37-28-33(25-26-39(37)40)32-15-13-14-31(27-32)30-23-21-29(5-2)22-24-30/h4,6-28H,1,5H2,2-3H3/b16-7-,34-6+. The summed E-state index contributed by atoms with van der Waals surface area (Å²) in [5.41, 5.74) is 13.7. The highest BCUT2D eigenvalue weighted by Gasteiger charge is 2.46. The molecule has 0 heteroatoms. The van der Waals surface area contributed by atoms with Gasteiger partial charge in [-0.3, -0.25) is 0 Å². The van der Waals surface area contributed by atoms with Crippen LogP contribution >= 0.6 is 0 Å². The van der Waals surface area contributed by atoms with Crippen molar-refractivity contribution in [1.82, 2.24) is 0 Å². The van der Waals surface area contributed by atoms with Crippen LogP contribution in [0, 0.1) is 0 Å². The van der Waals surface area contributed by atoms with Crippen molar-refractivity contribution < 1.29 is 0 Å². The van der Waals surface area contributed by atoms with E-state index in [2.05, 4.69) is 154 Å². The Hall–Kier alpha value is -4.68. The van der Waals surface area contributed by atoms with E-state index in [1.165, 1.54) is 61.2 Å². The highest BCUT2D eigenvalue weighted by Crippen LogP contribution is 2.57. The number of rotatable bonds is 7. The number of benzene rings is 5. The molecule has 0 fully saturated rings. The zero-order valence-corrected chi connectivity index (χ0v) is 23.3. The minimum absolute atomic E-state index is 0.400. The Balaban J connectivity index is 1.55. The fourth-order valence-electron chi connectivity index (χ4n) is 6.36. The van der Waals surface area contributed by atoms with Crippen molar-refractivity contribution in [3.05, 3.63) is 180 Å². The first-order chi connectivity index (χ1) is 19.7. The van der Waals surface area contributed by atoms with Crippen molar-refractivity contribution in [2.75, 3.05) is 0 Å². The Morgan fingerprint density at radius 2 is 1.30 bits per heavy atom. The van der Waals surface area contributed by atoms with E-state index >= 15 is 0 Å². The van der Waals surface area contributed by atoms with Crippen molar-refractivity contribution in [2.45, 2.75) is 25.7 Å². The van der Waals surface area contributed by atoms with Crippen LogP contribution in [0.2, 0.25) is 0 Å². The average molecular weight is 515 g/mol. The van der Waals surface area contributed by atoms with Crippen LogP contribution in [-0.4, -0.2) is 0 Å². The predicted octanol–water partition coefficient (Wildman–Crippen LogP) is 10.6. The number of allylic oxidation sites excluding steroid dienone is 5. The molecule has 40 heavy (non-hydrogen) atoms. The number of hydrogen-bond acceptors (Lipinski definition) is 0. The number of hydrogen-bond donors (Lipinski definition) is 0. The van der Waals surface area contributed by atoms with Gasteiger partial charge in [0.1, 0.15) is 0 Å². The lowest BCUT2D eigenvalue weighted by Crippen LogP contribution is -2.29. The van der Waals surface area contributed by atoms with Crippen LogP contribution in [0.25, 0.3) is 33.4 Å². The molecule has 1 aliphatic carbocycles. The Morgan fingerprint density at radius 3 is 2.02 bits per heavy atom. The zero-order valence-electron chi connectivity index (χ0n) is 23.3. The molecule has 0 spiro atoms. The minimum Gasteiger partial charge on any atom is -0.0991 e. The summed E-state index contributed by atoms with van der Waals surface area (Å²) in [6.07, 6.45) is 9.43. The Bertz CT molecular complexity index is 1730. The molecule has 1 aliphatic rings. The lowest BCUT2D eigenvalue weighted by atomic mass is 9.67. The summed E-state index contributed by atoms with van der Waals surface area (Å²) < 4.78 is 0. The Labute approximate surface area is 238 Å². The van der Waals surface area contributed by atoms with E-state index in [9.17, 15) is 0 Å². The fraction of sp³-hybridized carbons (Fsp3) is 0.100. The molecule has 0 aromatic heterocycles. The molecule has 0 aliphatic heterocycles. The monoisotopic (exact) mass is 514 g/mol. The Kier molecular flexibility index (Phi) is 6.93. The molecule has 5 aromatic carbocycles. The van der Waals surface area contributed by atoms with Crippen LogP contribution in [0.5, 0.6) is 0 Å². The van der Waals surface area contributed by atoms with Crippen molar-refractivity contribution in [2.24, 2.45) is 0 Å². The molecule has 1 unspecified atom stereocenters. The van der Waals surface area contributed by atoms with E-state index in [0.717, 1.165) is 6.42 Å². The quantitative estimate of drug-likeness (QED) is 0.189. The van der Waals surface area contributed by atoms with Gasteiger partial charge in [-0.05, 0) is 86.7 Å². The van der Waals surface area contributed by atoms with Crippen LogP contribution in [0.4, 0.5) is 0 Å². The summed E-state index contributed by atoms with van der Waals surface area (Å²) in [6.45, 7) is 8.28. The maximum atomic E-state index is 3.95. The molecule has 6 rings (SSSR count). The largest absolute Gasteiger partial charge is 0.0991 e. The van der Waals surface area contributed by atoms with Gasteiger partial charge in [-0.25, -0.2) is 0 Å². The summed E-state index contributed by atoms with van der Waals surface area (Å²) in [6, 6.07) is 44.7. The smallest absolute Gasteiger partial charge is 0.0710 e. The van der Waals surface area contributed by atoms with Crippen molar-refractivity contribution in [3.8, 4) is 33.4 Å². The van der Waals surface area contributed by atoms with Gasteiger partial charge >= 0.3 is 0 Å². The van der Waals surface area contributed by atoms with E-state index in [-0.39, 0.29) is 0 Å². The molecule has 0 amide bonds. The van der Waals surface area contributed by atoms with Crippen LogP contribution in [-0.2, 0) is 11.8 Å². The molecule has 0 heterocycles. The topological polar surface area (TPSA) is 0 Å². The summed E-state index contributed by atoms with van der Waals surface area (Å²) >= 11 is 0. The highest BCUT2D eigenvalue weighted by atomic mass is 14.5. The molecule has 5 aromatic rings. The van der Waals surface area contributed by atoms with Gasteiger partial charge in [0, 0.05) is 0 Å². The van der Waals surface area contributed by atoms with Crippen molar-refractivity contribution in [3.63, 3.8) is 0 Å². The molecule has 194 valence electrons. The van der Waals surface area contributed by atoms with Gasteiger partial charge in [-0.2, -0.15) is 0 Å². The van der Waals surface area contributed by atoms with Crippen molar-refractivity contribution >= 4 is 0 Å². The summed E-state index contributed by atoms with van der Waals surface area (Å²) in [4.78, 5) is 0. The molecule has 0 saturated carbocycles. The lowest BCUT2D eigenvalue weighted by molar-refractivity contribution is 0.765. The Morgan fingerprint density at radius 1 is 0.650 bits per heavy atom. The van der Waals surface area contributed by atoms with Gasteiger partial charge in [0.05, 0.1) is 5.41 Å². The molecular formula is C40H34. The van der Waals surface area contributed by atoms with Gasteiger partial charge in [0.25, 0.3) is 0 Å². The first kappa shape index (κ1) is 25.6. The van der Waals surface area contributed by atoms with Crippen LogP contribution in [0.1, 0.15) is 36.1 Å². The van der Waals surface area contributed by atoms with Gasteiger partial charge in [-0.1, -0.05) is 147 Å². The average Bonchev–Trinajstić information content (AvgIpc) is 3.32. The lowest BCUT2D eigenvalue weighted by Gasteiger charge is -2.34. The molecule has 0 bridgehead atoms. The van der Waals surface area contributed by atoms with Gasteiger partial charge in [0.2, 0.25) is 0 Å². The normalized spacial score (nSPS) is 16.1. The SMILES string of the molecule is C=C/C=C\C(=C/C)C1(c2ccccc2)c2ccccc2-c2cc(-c3cccc(-c4ccc(CC)cc4)c3)ccc21. The number of aryl methyl sites for hydroxylation is 1. The second-order valence-electron chi connectivity index (χ2n) is 10.4. The van der Waals surface area contributed by atoms with Crippen LogP contribution in [0.15, 0.2) is 158 Å². The van der Waals surface area contributed by atoms with Crippen molar-refractivity contribution in [1.29, 1.82) is 0 Å². The molecule has 0 saturated heterocycles. The van der Waals surface area contributed by atoms with E-state index in [0.29, 0.717) is 0 Å². The van der Waals surface area contributed by atoms with Crippen LogP contribution < -0.4 is 0 Å². The predicted molar refractivity (Wildman–Crippen MR) is 172 cm³/mol. The third-order valence-corrected chi connectivity index (χ3v) is 8.30. The first-order valence-corrected chi connectivity index (χ1v) is 14.2. The summed E-state index contributed by atoms with van der Waals surface area (Å²) in [5.74, 6) is 0. The van der Waals surface area contributed by atoms with Gasteiger partial charge in [-0.15, -0.1) is 0 Å². The van der Waals surface area contributed by atoms with Gasteiger partial charge in [0.15, 0.2) is 0 Å². The maximum Gasteiger partial charge on any atom is 0.0710 e. The van der Waals surface area contributed by atoms with E-state index < -0.39 is 5.41 Å². The second kappa shape index (κ2) is 10.8. The molecule has 0 nitrogen and oxygen atoms in total. The first-order valence-electron chi connectivity index (χ1n) is 14.2. The summed E-state index contributed by atoms with van der Waals surface area (Å²) in [5, 5.41) is 0. The fourth-order valence-corrected chi connectivity index (χ4v) is 6.36. The van der Waals surface area contributed by atoms with Gasteiger partial charge < -0.3 is 0 Å². The molecule has 1 atom stereocenters. The third-order valence-electron chi connectivity index (χ3n) is 8.30. The number of fused-ring (bicyclic) bond motifs is 3. The van der Waals surface area contributed by atoms with Crippen LogP contribution in [0.3, 0.4) is 0 Å². The molecular weight excluding hydrogens is 480 g/mol. The van der Waals surface area contributed by atoms with E-state index in [1.807, 2.05) is 12.2 Å². The molecule has 0 radical (unpaired) electrons. The van der Waals surface area contributed by atoms with E-state index in [4.69, 9.17) is 0 Å². The summed E-state index contributed by atoms with van der Waals surface area (Å²) in [7, 11) is 0. The molecule has 0 N–H and O–H groups in total. The van der Waals surface area contributed by atoms with E-state index in [1.54, 1.807) is 0 Å². The third kappa shape index (κ3) is 4.17.